The average molecular weight is 383 g/mol. The third-order valence-corrected chi connectivity index (χ3v) is 5.20. The van der Waals surface area contributed by atoms with E-state index < -0.39 is 0 Å². The van der Waals surface area contributed by atoms with Crippen LogP contribution in [0.15, 0.2) is 30.3 Å². The van der Waals surface area contributed by atoms with E-state index in [1.165, 1.54) is 0 Å². The number of ether oxygens (including phenoxy) is 1. The zero-order valence-electron chi connectivity index (χ0n) is 16.2. The Morgan fingerprint density at radius 2 is 2.11 bits per heavy atom. The molecule has 1 atom stereocenters. The van der Waals surface area contributed by atoms with Crippen molar-refractivity contribution >= 4 is 11.9 Å². The summed E-state index contributed by atoms with van der Waals surface area (Å²) in [4.78, 5) is 28.1. The zero-order valence-corrected chi connectivity index (χ0v) is 16.2. The number of amides is 3. The van der Waals surface area contributed by atoms with Crippen LogP contribution in [0.4, 0.5) is 4.79 Å². The molecule has 1 aromatic carbocycles. The molecule has 3 amide bonds. The third-order valence-electron chi connectivity index (χ3n) is 5.20. The maximum absolute atomic E-state index is 12.6. The molecule has 2 aliphatic heterocycles. The van der Waals surface area contributed by atoms with Gasteiger partial charge in [0.05, 0.1) is 36.9 Å². The number of rotatable bonds is 3. The van der Waals surface area contributed by atoms with Crippen LogP contribution in [0.25, 0.3) is 0 Å². The molecule has 0 radical (unpaired) electrons. The van der Waals surface area contributed by atoms with Gasteiger partial charge in [0.25, 0.3) is 0 Å². The molecule has 28 heavy (non-hydrogen) atoms. The molecule has 0 saturated heterocycles. The van der Waals surface area contributed by atoms with Crippen LogP contribution in [0.3, 0.4) is 0 Å². The number of nitrogens with zero attached hydrogens (tertiary/aromatic N) is 4. The monoisotopic (exact) mass is 383 g/mol. The Hall–Kier alpha value is -3.03. The number of urea groups is 1. The molecule has 8 heteroatoms. The Balaban J connectivity index is 1.34. The van der Waals surface area contributed by atoms with E-state index in [0.29, 0.717) is 39.2 Å². The topological polar surface area (TPSA) is 79.7 Å². The van der Waals surface area contributed by atoms with E-state index in [1.807, 2.05) is 35.0 Å². The molecule has 8 nitrogen and oxygen atoms in total. The highest BCUT2D eigenvalue weighted by molar-refractivity contribution is 5.79. The predicted molar refractivity (Wildman–Crippen MR) is 103 cm³/mol. The Bertz CT molecular complexity index is 892. The first kappa shape index (κ1) is 18.3. The van der Waals surface area contributed by atoms with Crippen LogP contribution in [0.2, 0.25) is 0 Å². The summed E-state index contributed by atoms with van der Waals surface area (Å²) in [6.07, 6.45) is 0.684. The van der Waals surface area contributed by atoms with Crippen LogP contribution >= 0.6 is 0 Å². The van der Waals surface area contributed by atoms with Crippen molar-refractivity contribution in [1.82, 2.24) is 24.9 Å². The van der Waals surface area contributed by atoms with Crippen LogP contribution in [0.1, 0.15) is 17.0 Å². The fourth-order valence-corrected chi connectivity index (χ4v) is 3.68. The van der Waals surface area contributed by atoms with Crippen molar-refractivity contribution in [3.8, 4) is 5.75 Å². The van der Waals surface area contributed by atoms with Crippen molar-refractivity contribution in [1.29, 1.82) is 0 Å². The highest BCUT2D eigenvalue weighted by Crippen LogP contribution is 2.26. The second kappa shape index (κ2) is 7.53. The van der Waals surface area contributed by atoms with E-state index in [1.54, 1.807) is 23.9 Å². The van der Waals surface area contributed by atoms with Gasteiger partial charge in [0.15, 0.2) is 0 Å². The van der Waals surface area contributed by atoms with Crippen molar-refractivity contribution in [2.24, 2.45) is 5.92 Å². The number of aromatic nitrogens is 2. The Labute approximate surface area is 164 Å². The molecule has 0 bridgehead atoms. The van der Waals surface area contributed by atoms with Crippen molar-refractivity contribution in [2.75, 3.05) is 27.2 Å². The molecule has 0 aliphatic carbocycles. The van der Waals surface area contributed by atoms with E-state index in [-0.39, 0.29) is 17.9 Å². The Morgan fingerprint density at radius 3 is 2.93 bits per heavy atom. The lowest BCUT2D eigenvalue weighted by Crippen LogP contribution is -2.43. The summed E-state index contributed by atoms with van der Waals surface area (Å²) in [5.41, 5.74) is 2.86. The van der Waals surface area contributed by atoms with E-state index in [0.717, 1.165) is 22.7 Å². The number of hydrogen-bond acceptors (Lipinski definition) is 4. The molecule has 1 aromatic heterocycles. The number of benzene rings is 1. The Kier molecular flexibility index (Phi) is 4.93. The number of nitrogens with one attached hydrogen (secondary N) is 1. The number of carbonyl (C=O) groups excluding carboxylic acids is 2. The second-order valence-electron chi connectivity index (χ2n) is 7.49. The largest absolute Gasteiger partial charge is 0.492 e. The van der Waals surface area contributed by atoms with Crippen molar-refractivity contribution < 1.29 is 14.3 Å². The summed E-state index contributed by atoms with van der Waals surface area (Å²) < 4.78 is 7.62. The molecular formula is C20H25N5O3. The molecule has 0 spiro atoms. The SMILES string of the molecule is CN(C)C(=O)N1CCn2nc(CNC(=O)C3COc4ccccc4C3)cc2C1. The van der Waals surface area contributed by atoms with Crippen molar-refractivity contribution in [2.45, 2.75) is 26.1 Å². The number of hydrogen-bond donors (Lipinski definition) is 1. The van der Waals surface area contributed by atoms with E-state index >= 15 is 0 Å². The smallest absolute Gasteiger partial charge is 0.319 e. The van der Waals surface area contributed by atoms with Crippen molar-refractivity contribution in [3.05, 3.63) is 47.3 Å². The molecule has 1 N–H and O–H groups in total. The third kappa shape index (κ3) is 3.67. The molecule has 2 aliphatic rings. The highest BCUT2D eigenvalue weighted by atomic mass is 16.5. The summed E-state index contributed by atoms with van der Waals surface area (Å²) >= 11 is 0. The standard InChI is InChI=1S/C20H25N5O3/c1-23(2)20(27)24-7-8-25-17(12-24)10-16(22-25)11-21-19(26)15-9-14-5-3-4-6-18(14)28-13-15/h3-6,10,15H,7-9,11-13H2,1-2H3,(H,21,26). The zero-order chi connectivity index (χ0) is 19.7. The van der Waals surface area contributed by atoms with Gasteiger partial charge in [0, 0.05) is 20.6 Å². The van der Waals surface area contributed by atoms with Crippen LogP contribution in [0.5, 0.6) is 5.75 Å². The van der Waals surface area contributed by atoms with Gasteiger partial charge in [-0.25, -0.2) is 4.79 Å². The minimum absolute atomic E-state index is 0.000109. The molecule has 4 rings (SSSR count). The summed E-state index contributed by atoms with van der Waals surface area (Å²) in [6.45, 7) is 2.60. The lowest BCUT2D eigenvalue weighted by atomic mass is 9.96. The van der Waals surface area contributed by atoms with Gasteiger partial charge in [0.2, 0.25) is 5.91 Å². The molecule has 0 fully saturated rings. The van der Waals surface area contributed by atoms with Gasteiger partial charge in [-0.1, -0.05) is 18.2 Å². The van der Waals surface area contributed by atoms with Crippen LogP contribution in [-0.4, -0.2) is 58.8 Å². The van der Waals surface area contributed by atoms with Gasteiger partial charge >= 0.3 is 6.03 Å². The molecule has 148 valence electrons. The van der Waals surface area contributed by atoms with E-state index in [9.17, 15) is 9.59 Å². The quantitative estimate of drug-likeness (QED) is 0.865. The number of carbonyl (C=O) groups is 2. The average Bonchev–Trinajstić information content (AvgIpc) is 3.13. The lowest BCUT2D eigenvalue weighted by Gasteiger charge is -2.29. The molecule has 2 aromatic rings. The highest BCUT2D eigenvalue weighted by Gasteiger charge is 2.26. The van der Waals surface area contributed by atoms with Gasteiger partial charge in [0.1, 0.15) is 12.4 Å². The van der Waals surface area contributed by atoms with E-state index in [4.69, 9.17) is 4.74 Å². The van der Waals surface area contributed by atoms with E-state index in [2.05, 4.69) is 10.4 Å². The van der Waals surface area contributed by atoms with Gasteiger partial charge in [-0.3, -0.25) is 9.48 Å². The lowest BCUT2D eigenvalue weighted by molar-refractivity contribution is -0.126. The minimum Gasteiger partial charge on any atom is -0.492 e. The van der Waals surface area contributed by atoms with Gasteiger partial charge < -0.3 is 19.9 Å². The number of para-hydroxylation sites is 1. The molecule has 1 unspecified atom stereocenters. The molecule has 3 heterocycles. The Morgan fingerprint density at radius 1 is 1.29 bits per heavy atom. The van der Waals surface area contributed by atoms with Crippen LogP contribution < -0.4 is 10.1 Å². The van der Waals surface area contributed by atoms with Crippen LogP contribution in [-0.2, 0) is 30.8 Å². The first-order chi connectivity index (χ1) is 13.5. The maximum atomic E-state index is 12.6. The maximum Gasteiger partial charge on any atom is 0.319 e. The number of fused-ring (bicyclic) bond motifs is 2. The normalized spacial score (nSPS) is 17.9. The predicted octanol–water partition coefficient (Wildman–Crippen LogP) is 1.25. The summed E-state index contributed by atoms with van der Waals surface area (Å²) in [7, 11) is 3.51. The summed E-state index contributed by atoms with van der Waals surface area (Å²) in [5, 5.41) is 7.54. The van der Waals surface area contributed by atoms with Gasteiger partial charge in [-0.2, -0.15) is 5.10 Å². The minimum atomic E-state index is -0.194. The molecule has 0 saturated carbocycles. The van der Waals surface area contributed by atoms with Gasteiger partial charge in [-0.05, 0) is 24.1 Å². The fraction of sp³-hybridized carbons (Fsp3) is 0.450. The first-order valence-electron chi connectivity index (χ1n) is 9.51. The second-order valence-corrected chi connectivity index (χ2v) is 7.49. The molecular weight excluding hydrogens is 358 g/mol. The van der Waals surface area contributed by atoms with Crippen LogP contribution in [0, 0.1) is 5.92 Å². The van der Waals surface area contributed by atoms with Gasteiger partial charge in [-0.15, -0.1) is 0 Å². The van der Waals surface area contributed by atoms with Crippen molar-refractivity contribution in [3.63, 3.8) is 0 Å². The fourth-order valence-electron chi connectivity index (χ4n) is 3.68. The summed E-state index contributed by atoms with van der Waals surface area (Å²) in [6, 6.07) is 9.79. The first-order valence-corrected chi connectivity index (χ1v) is 9.51. The summed E-state index contributed by atoms with van der Waals surface area (Å²) in [5.74, 6) is 0.649.